The molecular weight excluding hydrogens is 391 g/mol. The Hall–Kier alpha value is 0.430. The molecule has 0 bridgehead atoms. The first-order valence-electron chi connectivity index (χ1n) is 15.2. The van der Waals surface area contributed by atoms with Crippen LogP contribution in [0, 0.1) is 0 Å². The Labute approximate surface area is 200 Å². The van der Waals surface area contributed by atoms with Crippen molar-refractivity contribution in [3.05, 3.63) is 0 Å². The minimum atomic E-state index is -1.05. The van der Waals surface area contributed by atoms with Gasteiger partial charge in [0.2, 0.25) is 0 Å². The third kappa shape index (κ3) is 20.7. The first-order valence-corrected chi connectivity index (χ1v) is 18.1. The zero-order valence-electron chi connectivity index (χ0n) is 22.9. The molecule has 0 atom stereocenters. The van der Waals surface area contributed by atoms with Gasteiger partial charge in [0.05, 0.1) is 0 Å². The third-order valence-electron chi connectivity index (χ3n) is 7.74. The fourth-order valence-corrected chi connectivity index (χ4v) is 11.0. The molecule has 0 fully saturated rings. The molecule has 0 rings (SSSR count). The molecule has 190 valence electrons. The number of hydrogen-bond donors (Lipinski definition) is 0. The molecule has 0 aromatic carbocycles. The summed E-state index contributed by atoms with van der Waals surface area (Å²) in [7, 11) is -1.05. The van der Waals surface area contributed by atoms with Gasteiger partial charge >= 0.3 is 201 Å². The van der Waals surface area contributed by atoms with Crippen molar-refractivity contribution in [1.29, 1.82) is 0 Å². The summed E-state index contributed by atoms with van der Waals surface area (Å²) in [6, 6.07) is 0. The molecule has 0 saturated carbocycles. The summed E-state index contributed by atoms with van der Waals surface area (Å²) in [4.78, 5) is 0. The Morgan fingerprint density at radius 3 is 0.710 bits per heavy atom. The van der Waals surface area contributed by atoms with Crippen molar-refractivity contribution >= 4 is 7.26 Å². The molecule has 0 aliphatic heterocycles. The van der Waals surface area contributed by atoms with Gasteiger partial charge in [-0.15, -0.1) is 0 Å². The van der Waals surface area contributed by atoms with Crippen LogP contribution in [0.2, 0.25) is 0 Å². The Morgan fingerprint density at radius 1 is 0.258 bits per heavy atom. The molecule has 0 spiro atoms. The molecule has 0 aliphatic carbocycles. The number of rotatable bonds is 26. The van der Waals surface area contributed by atoms with Crippen molar-refractivity contribution in [3.8, 4) is 0 Å². The third-order valence-corrected chi connectivity index (χ3v) is 13.4. The van der Waals surface area contributed by atoms with Crippen molar-refractivity contribution in [3.63, 3.8) is 0 Å². The van der Waals surface area contributed by atoms with Gasteiger partial charge in [-0.1, -0.05) is 0 Å². The Morgan fingerprint density at radius 2 is 0.452 bits per heavy atom. The molecule has 0 saturated heterocycles. The summed E-state index contributed by atoms with van der Waals surface area (Å²) in [5, 5.41) is 0. The number of unbranched alkanes of at least 4 members (excludes halogenated alkanes) is 18. The van der Waals surface area contributed by atoms with E-state index in [1.165, 1.54) is 116 Å². The zero-order chi connectivity index (χ0) is 22.9. The van der Waals surface area contributed by atoms with Gasteiger partial charge in [-0.2, -0.15) is 0 Å². The van der Waals surface area contributed by atoms with Crippen LogP contribution in [0.4, 0.5) is 0 Å². The summed E-state index contributed by atoms with van der Waals surface area (Å²) in [5.41, 5.74) is 0. The molecule has 0 nitrogen and oxygen atoms in total. The summed E-state index contributed by atoms with van der Waals surface area (Å²) in [6.45, 7) is 9.40. The predicted molar refractivity (Wildman–Crippen MR) is 152 cm³/mol. The average molecular weight is 457 g/mol. The van der Waals surface area contributed by atoms with Gasteiger partial charge in [0.25, 0.3) is 0 Å². The normalized spacial score (nSPS) is 12.5. The summed E-state index contributed by atoms with van der Waals surface area (Å²) in [5.74, 6) is 0. The molecule has 31 heavy (non-hydrogen) atoms. The molecule has 0 amide bonds. The van der Waals surface area contributed by atoms with E-state index < -0.39 is 7.26 Å². The van der Waals surface area contributed by atoms with Gasteiger partial charge in [0.1, 0.15) is 0 Å². The van der Waals surface area contributed by atoms with Gasteiger partial charge < -0.3 is 0 Å². The van der Waals surface area contributed by atoms with Crippen molar-refractivity contribution in [2.75, 3.05) is 24.6 Å². The van der Waals surface area contributed by atoms with Crippen LogP contribution in [-0.4, -0.2) is 24.6 Å². The Kier molecular flexibility index (Phi) is 25.4. The Bertz CT molecular complexity index is 284. The van der Waals surface area contributed by atoms with E-state index in [1.807, 2.05) is 0 Å². The second-order valence-electron chi connectivity index (χ2n) is 10.9. The van der Waals surface area contributed by atoms with Crippen LogP contribution in [-0.2, 0) is 0 Å². The molecule has 0 aromatic heterocycles. The zero-order valence-corrected chi connectivity index (χ0v) is 23.9. The van der Waals surface area contributed by atoms with Crippen molar-refractivity contribution < 1.29 is 0 Å². The SMILES string of the molecule is CCCCCCCC[PH](CCCCCC)(CCCCCCCC)CCCCCCCC. The van der Waals surface area contributed by atoms with E-state index >= 15 is 0 Å². The fraction of sp³-hybridized carbons (Fsp3) is 1.00. The monoisotopic (exact) mass is 456 g/mol. The van der Waals surface area contributed by atoms with Gasteiger partial charge in [-0.3, -0.25) is 0 Å². The molecule has 0 aromatic rings. The van der Waals surface area contributed by atoms with Crippen LogP contribution in [0.3, 0.4) is 0 Å². The maximum atomic E-state index is 2.37. The summed E-state index contributed by atoms with van der Waals surface area (Å²) >= 11 is 0. The maximum absolute atomic E-state index is 2.37. The van der Waals surface area contributed by atoms with Crippen molar-refractivity contribution in [2.24, 2.45) is 0 Å². The quantitative estimate of drug-likeness (QED) is 0.0896. The van der Waals surface area contributed by atoms with E-state index in [4.69, 9.17) is 0 Å². The van der Waals surface area contributed by atoms with E-state index in [-0.39, 0.29) is 0 Å². The topological polar surface area (TPSA) is 0 Å². The van der Waals surface area contributed by atoms with E-state index in [0.717, 1.165) is 0 Å². The van der Waals surface area contributed by atoms with Gasteiger partial charge in [0, 0.05) is 0 Å². The second kappa shape index (κ2) is 25.1. The average Bonchev–Trinajstić information content (AvgIpc) is 2.78. The molecule has 0 unspecified atom stereocenters. The van der Waals surface area contributed by atoms with Gasteiger partial charge in [0.15, 0.2) is 0 Å². The fourth-order valence-electron chi connectivity index (χ4n) is 5.52. The van der Waals surface area contributed by atoms with E-state index in [0.29, 0.717) is 0 Å². The van der Waals surface area contributed by atoms with Crippen molar-refractivity contribution in [2.45, 2.75) is 169 Å². The molecule has 0 heterocycles. The standard InChI is InChI=1S/C30H65P/c1-5-9-13-17-20-24-28-31(27-23-16-12-8-4,29-25-21-18-14-10-6-2)30-26-22-19-15-11-7-3/h31H,5-30H2,1-4H3. The molecule has 0 N–H and O–H groups in total. The molecule has 0 radical (unpaired) electrons. The van der Waals surface area contributed by atoms with E-state index in [9.17, 15) is 0 Å². The van der Waals surface area contributed by atoms with Crippen LogP contribution in [0.1, 0.15) is 169 Å². The van der Waals surface area contributed by atoms with Gasteiger partial charge in [-0.25, -0.2) is 0 Å². The molecule has 0 aliphatic rings. The van der Waals surface area contributed by atoms with Crippen LogP contribution in [0.15, 0.2) is 0 Å². The van der Waals surface area contributed by atoms with Crippen molar-refractivity contribution in [1.82, 2.24) is 0 Å². The molecule has 1 heteroatoms. The van der Waals surface area contributed by atoms with E-state index in [1.54, 1.807) is 50.3 Å². The predicted octanol–water partition coefficient (Wildman–Crippen LogP) is 11.4. The van der Waals surface area contributed by atoms with E-state index in [2.05, 4.69) is 27.7 Å². The van der Waals surface area contributed by atoms with Crippen LogP contribution in [0.5, 0.6) is 0 Å². The summed E-state index contributed by atoms with van der Waals surface area (Å²) < 4.78 is 0. The first kappa shape index (κ1) is 31.4. The van der Waals surface area contributed by atoms with Crippen LogP contribution in [0.25, 0.3) is 0 Å². The van der Waals surface area contributed by atoms with Crippen LogP contribution >= 0.6 is 7.26 Å². The first-order chi connectivity index (χ1) is 15.2. The van der Waals surface area contributed by atoms with Gasteiger partial charge in [-0.05, 0) is 0 Å². The minimum absolute atomic E-state index is 1.05. The second-order valence-corrected chi connectivity index (χ2v) is 15.9. The molecular formula is C30H65P. The summed E-state index contributed by atoms with van der Waals surface area (Å²) in [6.07, 6.45) is 39.3. The number of hydrogen-bond acceptors (Lipinski definition) is 0. The Balaban J connectivity index is 4.68. The van der Waals surface area contributed by atoms with Crippen LogP contribution < -0.4 is 0 Å².